The summed E-state index contributed by atoms with van der Waals surface area (Å²) in [6, 6.07) is 0.487. The molecule has 1 saturated heterocycles. The van der Waals surface area contributed by atoms with Crippen molar-refractivity contribution in [2.24, 2.45) is 0 Å². The highest BCUT2D eigenvalue weighted by Crippen LogP contribution is 2.32. The van der Waals surface area contributed by atoms with Crippen LogP contribution < -0.4 is 4.90 Å². The molecular weight excluding hydrogens is 306 g/mol. The fourth-order valence-corrected chi connectivity index (χ4v) is 2.60. The molecule has 0 N–H and O–H groups in total. The van der Waals surface area contributed by atoms with Gasteiger partial charge in [-0.15, -0.1) is 0 Å². The van der Waals surface area contributed by atoms with Crippen LogP contribution in [0.2, 0.25) is 0 Å². The number of pyridine rings is 1. The maximum Gasteiger partial charge on any atom is 0.339 e. The van der Waals surface area contributed by atoms with Gasteiger partial charge in [0.05, 0.1) is 24.7 Å². The summed E-state index contributed by atoms with van der Waals surface area (Å²) in [7, 11) is 2.46. The lowest BCUT2D eigenvalue weighted by Gasteiger charge is -2.34. The summed E-state index contributed by atoms with van der Waals surface area (Å²) in [4.78, 5) is 39.8. The average molecular weight is 323 g/mol. The first-order chi connectivity index (χ1) is 11.0. The molecule has 0 saturated carbocycles. The smallest absolute Gasteiger partial charge is 0.339 e. The average Bonchev–Trinajstić information content (AvgIpc) is 2.59. The summed E-state index contributed by atoms with van der Waals surface area (Å²) >= 11 is 0. The third-order valence-corrected chi connectivity index (χ3v) is 3.71. The molecule has 1 unspecified atom stereocenters. The van der Waals surface area contributed by atoms with Crippen molar-refractivity contribution in [3.63, 3.8) is 0 Å². The Kier molecular flexibility index (Phi) is 5.09. The van der Waals surface area contributed by atoms with Gasteiger partial charge < -0.3 is 14.4 Å². The van der Waals surface area contributed by atoms with E-state index in [9.17, 15) is 19.7 Å². The zero-order chi connectivity index (χ0) is 17.0. The van der Waals surface area contributed by atoms with Gasteiger partial charge in [0.2, 0.25) is 5.82 Å². The minimum Gasteiger partial charge on any atom is -0.467 e. The van der Waals surface area contributed by atoms with Crippen molar-refractivity contribution >= 4 is 23.4 Å². The van der Waals surface area contributed by atoms with Gasteiger partial charge in [-0.05, 0) is 19.3 Å². The molecular formula is C14H17N3O6. The Morgan fingerprint density at radius 1 is 1.35 bits per heavy atom. The van der Waals surface area contributed by atoms with E-state index in [4.69, 9.17) is 4.74 Å². The highest BCUT2D eigenvalue weighted by molar-refractivity contribution is 5.90. The number of anilines is 1. The first-order valence-electron chi connectivity index (χ1n) is 7.06. The highest BCUT2D eigenvalue weighted by Gasteiger charge is 2.34. The minimum atomic E-state index is -0.713. The van der Waals surface area contributed by atoms with Crippen molar-refractivity contribution in [1.29, 1.82) is 0 Å². The van der Waals surface area contributed by atoms with Gasteiger partial charge in [0.1, 0.15) is 6.04 Å². The van der Waals surface area contributed by atoms with E-state index in [1.54, 1.807) is 4.90 Å². The number of hydrogen-bond acceptors (Lipinski definition) is 8. The Labute approximate surface area is 132 Å². The molecule has 1 aliphatic rings. The number of esters is 2. The molecule has 2 heterocycles. The number of hydrogen-bond donors (Lipinski definition) is 0. The molecule has 0 aliphatic carbocycles. The van der Waals surface area contributed by atoms with Gasteiger partial charge in [-0.3, -0.25) is 10.1 Å². The summed E-state index contributed by atoms with van der Waals surface area (Å²) in [6.45, 7) is 0.450. The van der Waals surface area contributed by atoms with Gasteiger partial charge in [0.15, 0.2) is 0 Å². The topological polar surface area (TPSA) is 112 Å². The van der Waals surface area contributed by atoms with Crippen LogP contribution in [0.4, 0.5) is 11.5 Å². The van der Waals surface area contributed by atoms with Gasteiger partial charge in [0, 0.05) is 18.8 Å². The number of piperidine rings is 1. The maximum atomic E-state index is 11.9. The second kappa shape index (κ2) is 7.03. The van der Waals surface area contributed by atoms with Crippen LogP contribution in [0.3, 0.4) is 0 Å². The number of ether oxygens (including phenoxy) is 2. The number of carbonyl (C=O) groups excluding carboxylic acids is 2. The van der Waals surface area contributed by atoms with Crippen molar-refractivity contribution in [3.05, 3.63) is 27.9 Å². The van der Waals surface area contributed by atoms with Crippen molar-refractivity contribution in [2.45, 2.75) is 25.3 Å². The van der Waals surface area contributed by atoms with Gasteiger partial charge in [-0.1, -0.05) is 0 Å². The lowest BCUT2D eigenvalue weighted by Crippen LogP contribution is -2.46. The van der Waals surface area contributed by atoms with Gasteiger partial charge in [-0.2, -0.15) is 0 Å². The number of carbonyl (C=O) groups is 2. The summed E-state index contributed by atoms with van der Waals surface area (Å²) in [6.07, 6.45) is 3.34. The SMILES string of the molecule is COC(=O)c1cnc(N2CCCCC2C(=O)OC)c([N+](=O)[O-])c1. The molecule has 9 nitrogen and oxygen atoms in total. The normalized spacial score (nSPS) is 17.5. The number of rotatable bonds is 4. The van der Waals surface area contributed by atoms with Crippen LogP contribution >= 0.6 is 0 Å². The van der Waals surface area contributed by atoms with E-state index in [-0.39, 0.29) is 17.1 Å². The maximum absolute atomic E-state index is 11.9. The summed E-state index contributed by atoms with van der Waals surface area (Å²) in [5.41, 5.74) is -0.363. The van der Waals surface area contributed by atoms with E-state index in [1.165, 1.54) is 20.4 Å². The quantitative estimate of drug-likeness (QED) is 0.463. The Hall–Kier alpha value is -2.71. The molecule has 0 radical (unpaired) electrons. The van der Waals surface area contributed by atoms with E-state index < -0.39 is 22.9 Å². The van der Waals surface area contributed by atoms with E-state index >= 15 is 0 Å². The summed E-state index contributed by atoms with van der Waals surface area (Å²) in [5, 5.41) is 11.3. The zero-order valence-corrected chi connectivity index (χ0v) is 12.9. The minimum absolute atomic E-state index is 0.0189. The molecule has 124 valence electrons. The van der Waals surface area contributed by atoms with Gasteiger partial charge in [-0.25, -0.2) is 14.6 Å². The molecule has 9 heteroatoms. The zero-order valence-electron chi connectivity index (χ0n) is 12.9. The van der Waals surface area contributed by atoms with Crippen LogP contribution in [0, 0.1) is 10.1 Å². The van der Waals surface area contributed by atoms with Crippen LogP contribution in [0.15, 0.2) is 12.3 Å². The standard InChI is InChI=1S/C14H17N3O6/c1-22-13(18)9-7-11(17(20)21)12(15-8-9)16-6-4-3-5-10(16)14(19)23-2/h7-8,10H,3-6H2,1-2H3. The largest absolute Gasteiger partial charge is 0.467 e. The highest BCUT2D eigenvalue weighted by atomic mass is 16.6. The molecule has 1 aromatic heterocycles. The van der Waals surface area contributed by atoms with Crippen molar-refractivity contribution in [2.75, 3.05) is 25.7 Å². The fourth-order valence-electron chi connectivity index (χ4n) is 2.60. The van der Waals surface area contributed by atoms with Crippen LogP contribution in [0.1, 0.15) is 29.6 Å². The number of methoxy groups -OCH3 is 2. The summed E-state index contributed by atoms with van der Waals surface area (Å²) in [5.74, 6) is -1.12. The molecule has 0 bridgehead atoms. The van der Waals surface area contributed by atoms with E-state index in [2.05, 4.69) is 9.72 Å². The predicted octanol–water partition coefficient (Wildman–Crippen LogP) is 1.31. The van der Waals surface area contributed by atoms with Gasteiger partial charge in [0.25, 0.3) is 0 Å². The van der Waals surface area contributed by atoms with Crippen LogP contribution in [-0.4, -0.2) is 48.7 Å². The van der Waals surface area contributed by atoms with Crippen molar-refractivity contribution in [3.8, 4) is 0 Å². The first kappa shape index (κ1) is 16.7. The number of nitrogens with zero attached hydrogens (tertiary/aromatic N) is 3. The molecule has 0 aromatic carbocycles. The Balaban J connectivity index is 2.45. The third kappa shape index (κ3) is 3.38. The molecule has 2 rings (SSSR count). The Bertz CT molecular complexity index is 633. The van der Waals surface area contributed by atoms with Gasteiger partial charge >= 0.3 is 17.6 Å². The lowest BCUT2D eigenvalue weighted by molar-refractivity contribution is -0.384. The first-order valence-corrected chi connectivity index (χ1v) is 7.06. The summed E-state index contributed by atoms with van der Waals surface area (Å²) < 4.78 is 9.31. The second-order valence-corrected chi connectivity index (χ2v) is 5.04. The van der Waals surface area contributed by atoms with Crippen molar-refractivity contribution < 1.29 is 24.0 Å². The van der Waals surface area contributed by atoms with Crippen molar-refractivity contribution in [1.82, 2.24) is 4.98 Å². The Morgan fingerprint density at radius 3 is 2.70 bits per heavy atom. The Morgan fingerprint density at radius 2 is 2.09 bits per heavy atom. The second-order valence-electron chi connectivity index (χ2n) is 5.04. The molecule has 23 heavy (non-hydrogen) atoms. The monoisotopic (exact) mass is 323 g/mol. The van der Waals surface area contributed by atoms with E-state index in [0.717, 1.165) is 18.9 Å². The molecule has 1 atom stereocenters. The van der Waals surface area contributed by atoms with Crippen LogP contribution in [-0.2, 0) is 14.3 Å². The predicted molar refractivity (Wildman–Crippen MR) is 79.2 cm³/mol. The molecule has 1 fully saturated rings. The molecule has 0 spiro atoms. The van der Waals surface area contributed by atoms with E-state index in [0.29, 0.717) is 13.0 Å². The fraction of sp³-hybridized carbons (Fsp3) is 0.500. The number of aromatic nitrogens is 1. The van der Waals surface area contributed by atoms with Crippen LogP contribution in [0.5, 0.6) is 0 Å². The molecule has 0 amide bonds. The number of nitro groups is 1. The molecule has 1 aromatic rings. The molecule has 1 aliphatic heterocycles. The van der Waals surface area contributed by atoms with Crippen LogP contribution in [0.25, 0.3) is 0 Å². The van der Waals surface area contributed by atoms with E-state index in [1.807, 2.05) is 0 Å². The lowest BCUT2D eigenvalue weighted by atomic mass is 10.0. The third-order valence-electron chi connectivity index (χ3n) is 3.71.